The van der Waals surface area contributed by atoms with Crippen molar-refractivity contribution >= 4 is 66.9 Å². The maximum atomic E-state index is 13.3. The number of furan rings is 1. The number of halogens is 2. The molecule has 34 heavy (non-hydrogen) atoms. The summed E-state index contributed by atoms with van der Waals surface area (Å²) < 4.78 is 38.4. The summed E-state index contributed by atoms with van der Waals surface area (Å²) >= 11 is 9.34. The number of amides is 1. The van der Waals surface area contributed by atoms with E-state index >= 15 is 0 Å². The number of hydrogen-bond acceptors (Lipinski definition) is 6. The lowest BCUT2D eigenvalue weighted by Crippen LogP contribution is -2.31. The van der Waals surface area contributed by atoms with Gasteiger partial charge in [-0.05, 0) is 71.4 Å². The quantitative estimate of drug-likeness (QED) is 0.285. The predicted molar refractivity (Wildman–Crippen MR) is 133 cm³/mol. The summed E-state index contributed by atoms with van der Waals surface area (Å²) in [5.74, 6) is -0.966. The van der Waals surface area contributed by atoms with Gasteiger partial charge in [0.1, 0.15) is 10.7 Å². The van der Waals surface area contributed by atoms with E-state index in [0.29, 0.717) is 16.1 Å². The van der Waals surface area contributed by atoms with Gasteiger partial charge in [-0.2, -0.15) is 0 Å². The Hall–Kier alpha value is -3.08. The molecular weight excluding hydrogens is 548 g/mol. The van der Waals surface area contributed by atoms with Gasteiger partial charge in [-0.25, -0.2) is 13.2 Å². The zero-order chi connectivity index (χ0) is 24.7. The summed E-state index contributed by atoms with van der Waals surface area (Å²) in [6, 6.07) is 16.0. The van der Waals surface area contributed by atoms with Crippen LogP contribution in [0.1, 0.15) is 12.7 Å². The number of carbonyl (C=O) groups excluding carboxylic acids is 2. The third-order valence-electron chi connectivity index (χ3n) is 4.44. The molecule has 0 fully saturated rings. The molecule has 0 aliphatic carbocycles. The first-order valence-corrected chi connectivity index (χ1v) is 12.6. The third kappa shape index (κ3) is 6.49. The molecule has 8 nitrogen and oxygen atoms in total. The Morgan fingerprint density at radius 1 is 1.15 bits per heavy atom. The molecule has 11 heteroatoms. The fraction of sp³-hybridized carbons (Fsp3) is 0.130. The first-order valence-electron chi connectivity index (χ1n) is 9.98. The van der Waals surface area contributed by atoms with E-state index in [2.05, 4.69) is 21.2 Å². The summed E-state index contributed by atoms with van der Waals surface area (Å²) in [4.78, 5) is 23.9. The van der Waals surface area contributed by atoms with E-state index in [1.807, 2.05) is 0 Å². The maximum Gasteiger partial charge on any atom is 0.331 e. The van der Waals surface area contributed by atoms with Crippen LogP contribution in [0.4, 0.5) is 11.4 Å². The molecule has 2 aromatic carbocycles. The van der Waals surface area contributed by atoms with Crippen molar-refractivity contribution in [1.29, 1.82) is 0 Å². The summed E-state index contributed by atoms with van der Waals surface area (Å²) in [5, 5.41) is 2.51. The van der Waals surface area contributed by atoms with Gasteiger partial charge in [-0.1, -0.05) is 29.8 Å². The third-order valence-corrected chi connectivity index (χ3v) is 7.25. The number of esters is 1. The van der Waals surface area contributed by atoms with Crippen LogP contribution in [0.15, 0.2) is 80.7 Å². The maximum absolute atomic E-state index is 13.3. The van der Waals surface area contributed by atoms with Crippen molar-refractivity contribution in [2.24, 2.45) is 0 Å². The molecule has 0 spiro atoms. The van der Waals surface area contributed by atoms with Crippen LogP contribution in [0, 0.1) is 0 Å². The van der Waals surface area contributed by atoms with E-state index in [1.165, 1.54) is 28.6 Å². The van der Waals surface area contributed by atoms with Crippen LogP contribution in [0.3, 0.4) is 0 Å². The lowest BCUT2D eigenvalue weighted by molar-refractivity contribution is -0.142. The summed E-state index contributed by atoms with van der Waals surface area (Å²) in [6.45, 7) is 1.32. The molecule has 178 valence electrons. The topological polar surface area (TPSA) is 106 Å². The molecule has 0 aliphatic heterocycles. The molecule has 0 atom stereocenters. The SMILES string of the molecule is CCN(c1ccccc1)S(=O)(=O)c1cc(NC(=O)COC(=O)C=Cc2ccc(Br)o2)ccc1Cl. The van der Waals surface area contributed by atoms with Crippen LogP contribution in [0.25, 0.3) is 6.08 Å². The van der Waals surface area contributed by atoms with Gasteiger partial charge in [0.05, 0.1) is 10.7 Å². The number of nitrogens with zero attached hydrogens (tertiary/aromatic N) is 1. The fourth-order valence-electron chi connectivity index (χ4n) is 2.93. The van der Waals surface area contributed by atoms with E-state index < -0.39 is 28.5 Å². The van der Waals surface area contributed by atoms with E-state index in [4.69, 9.17) is 20.8 Å². The number of nitrogens with one attached hydrogen (secondary N) is 1. The van der Waals surface area contributed by atoms with Crippen LogP contribution >= 0.6 is 27.5 Å². The lowest BCUT2D eigenvalue weighted by atomic mass is 10.3. The average molecular weight is 568 g/mol. The first kappa shape index (κ1) is 25.5. The molecule has 0 aliphatic rings. The van der Waals surface area contributed by atoms with Crippen molar-refractivity contribution in [3.63, 3.8) is 0 Å². The van der Waals surface area contributed by atoms with Gasteiger partial charge in [0.15, 0.2) is 11.3 Å². The zero-order valence-electron chi connectivity index (χ0n) is 17.9. The Kier molecular flexibility index (Phi) is 8.54. The molecule has 1 amide bonds. The number of benzene rings is 2. The highest BCUT2D eigenvalue weighted by Gasteiger charge is 2.26. The van der Waals surface area contributed by atoms with Crippen molar-refractivity contribution < 1.29 is 27.2 Å². The number of ether oxygens (including phenoxy) is 1. The van der Waals surface area contributed by atoms with E-state index in [9.17, 15) is 18.0 Å². The molecule has 0 unspecified atom stereocenters. The largest absolute Gasteiger partial charge is 0.452 e. The fourth-order valence-corrected chi connectivity index (χ4v) is 5.23. The van der Waals surface area contributed by atoms with Gasteiger partial charge >= 0.3 is 5.97 Å². The molecule has 3 aromatic rings. The van der Waals surface area contributed by atoms with Gasteiger partial charge in [0.25, 0.3) is 15.9 Å². The normalized spacial score (nSPS) is 11.4. The Morgan fingerprint density at radius 3 is 2.53 bits per heavy atom. The van der Waals surface area contributed by atoms with E-state index in [1.54, 1.807) is 49.4 Å². The van der Waals surface area contributed by atoms with Crippen LogP contribution in [-0.2, 0) is 24.3 Å². The molecule has 1 aromatic heterocycles. The lowest BCUT2D eigenvalue weighted by Gasteiger charge is -2.23. The van der Waals surface area contributed by atoms with E-state index in [0.717, 1.165) is 6.08 Å². The minimum absolute atomic E-state index is 0.00788. The molecule has 0 bridgehead atoms. The van der Waals surface area contributed by atoms with Crippen LogP contribution in [0.5, 0.6) is 0 Å². The van der Waals surface area contributed by atoms with Crippen LogP contribution < -0.4 is 9.62 Å². The number of carbonyl (C=O) groups is 2. The minimum Gasteiger partial charge on any atom is -0.452 e. The van der Waals surface area contributed by atoms with Gasteiger partial charge < -0.3 is 14.5 Å². The molecule has 3 rings (SSSR count). The predicted octanol–water partition coefficient (Wildman–Crippen LogP) is 5.11. The van der Waals surface area contributed by atoms with Crippen LogP contribution in [0.2, 0.25) is 5.02 Å². The standard InChI is InChI=1S/C23H20BrClN2O6S/c1-2-27(17-6-4-3-5-7-17)34(30,31)20-14-16(8-11-19(20)25)26-22(28)15-32-23(29)13-10-18-9-12-21(24)33-18/h3-14H,2,15H2,1H3,(H,26,28). The van der Waals surface area contributed by atoms with Crippen molar-refractivity contribution in [2.45, 2.75) is 11.8 Å². The number of rotatable bonds is 9. The zero-order valence-corrected chi connectivity index (χ0v) is 21.1. The van der Waals surface area contributed by atoms with Gasteiger partial charge in [0, 0.05) is 18.3 Å². The smallest absolute Gasteiger partial charge is 0.331 e. The van der Waals surface area contributed by atoms with Crippen molar-refractivity contribution in [2.75, 3.05) is 22.8 Å². The second kappa shape index (κ2) is 11.4. The molecule has 0 saturated carbocycles. The molecule has 1 N–H and O–H groups in total. The number of anilines is 2. The first-order chi connectivity index (χ1) is 16.2. The summed E-state index contributed by atoms with van der Waals surface area (Å²) in [5.41, 5.74) is 0.668. The highest BCUT2D eigenvalue weighted by atomic mass is 79.9. The van der Waals surface area contributed by atoms with Crippen molar-refractivity contribution in [3.8, 4) is 0 Å². The van der Waals surface area contributed by atoms with Crippen molar-refractivity contribution in [1.82, 2.24) is 0 Å². The second-order valence-electron chi connectivity index (χ2n) is 6.78. The Bertz CT molecular complexity index is 1310. The monoisotopic (exact) mass is 566 g/mol. The van der Waals surface area contributed by atoms with Gasteiger partial charge in [-0.15, -0.1) is 0 Å². The number of hydrogen-bond donors (Lipinski definition) is 1. The average Bonchev–Trinajstić information content (AvgIpc) is 3.23. The summed E-state index contributed by atoms with van der Waals surface area (Å²) in [7, 11) is -4.01. The molecule has 0 radical (unpaired) electrons. The molecule has 1 heterocycles. The van der Waals surface area contributed by atoms with Gasteiger partial charge in [-0.3, -0.25) is 9.10 Å². The Morgan fingerprint density at radius 2 is 1.88 bits per heavy atom. The molecule has 0 saturated heterocycles. The minimum atomic E-state index is -4.01. The molecular formula is C23H20BrClN2O6S. The summed E-state index contributed by atoms with van der Waals surface area (Å²) in [6.07, 6.45) is 2.52. The second-order valence-corrected chi connectivity index (χ2v) is 9.80. The Balaban J connectivity index is 1.67. The van der Waals surface area contributed by atoms with Crippen LogP contribution in [-0.4, -0.2) is 33.4 Å². The van der Waals surface area contributed by atoms with Gasteiger partial charge in [0.2, 0.25) is 0 Å². The highest BCUT2D eigenvalue weighted by molar-refractivity contribution is 9.10. The highest BCUT2D eigenvalue weighted by Crippen LogP contribution is 2.30. The van der Waals surface area contributed by atoms with Crippen molar-refractivity contribution in [3.05, 3.63) is 82.2 Å². The number of sulfonamides is 1. The number of para-hydroxylation sites is 1. The van der Waals surface area contributed by atoms with E-state index in [-0.39, 0.29) is 22.2 Å². The Labute approximate surface area is 210 Å².